The van der Waals surface area contributed by atoms with Gasteiger partial charge in [0.1, 0.15) is 17.0 Å². The van der Waals surface area contributed by atoms with E-state index in [0.29, 0.717) is 37.8 Å². The van der Waals surface area contributed by atoms with Crippen molar-refractivity contribution in [3.63, 3.8) is 0 Å². The van der Waals surface area contributed by atoms with Crippen molar-refractivity contribution in [2.45, 2.75) is 58.1 Å². The van der Waals surface area contributed by atoms with Crippen molar-refractivity contribution in [2.75, 3.05) is 6.54 Å². The van der Waals surface area contributed by atoms with E-state index in [2.05, 4.69) is 22.1 Å². The van der Waals surface area contributed by atoms with Gasteiger partial charge in [0.15, 0.2) is 0 Å². The van der Waals surface area contributed by atoms with Gasteiger partial charge in [-0.15, -0.1) is 0 Å². The summed E-state index contributed by atoms with van der Waals surface area (Å²) in [7, 11) is 0. The number of hydrogen-bond acceptors (Lipinski definition) is 4. The molecule has 35 heavy (non-hydrogen) atoms. The van der Waals surface area contributed by atoms with E-state index in [1.54, 1.807) is 0 Å². The first-order chi connectivity index (χ1) is 16.4. The number of benzene rings is 1. The third kappa shape index (κ3) is 7.26. The zero-order valence-corrected chi connectivity index (χ0v) is 20.3. The minimum Gasteiger partial charge on any atom is -0.481 e. The minimum absolute atomic E-state index is 0.00454. The van der Waals surface area contributed by atoms with E-state index in [1.165, 1.54) is 42.7 Å². The van der Waals surface area contributed by atoms with Crippen LogP contribution < -0.4 is 5.32 Å². The van der Waals surface area contributed by atoms with Crippen LogP contribution in [0, 0.1) is 23.7 Å². The molecule has 0 aliphatic heterocycles. The summed E-state index contributed by atoms with van der Waals surface area (Å²) in [5.74, 6) is 3.90. The number of halogens is 3. The zero-order chi connectivity index (χ0) is 25.8. The molecule has 188 valence electrons. The van der Waals surface area contributed by atoms with Gasteiger partial charge in [-0.3, -0.25) is 9.59 Å². The van der Waals surface area contributed by atoms with Crippen LogP contribution in [0.3, 0.4) is 0 Å². The Balaban J connectivity index is 1.83. The second kappa shape index (κ2) is 11.2. The molecule has 1 fully saturated rings. The lowest BCUT2D eigenvalue weighted by atomic mass is 9.82. The summed E-state index contributed by atoms with van der Waals surface area (Å²) in [5.41, 5.74) is -0.607. The third-order valence-electron chi connectivity index (χ3n) is 5.94. The number of aliphatic carboxylic acids is 1. The molecule has 1 saturated carbocycles. The second-order valence-corrected chi connectivity index (χ2v) is 9.62. The number of aliphatic hydroxyl groups is 1. The van der Waals surface area contributed by atoms with E-state index in [0.717, 1.165) is 0 Å². The van der Waals surface area contributed by atoms with Gasteiger partial charge >= 0.3 is 5.97 Å². The summed E-state index contributed by atoms with van der Waals surface area (Å²) in [6, 6.07) is 5.69. The number of carboxylic acid groups (broad SMARTS) is 1. The number of rotatable bonds is 7. The Morgan fingerprint density at radius 2 is 1.86 bits per heavy atom. The van der Waals surface area contributed by atoms with E-state index in [9.17, 15) is 23.5 Å². The van der Waals surface area contributed by atoms with Crippen molar-refractivity contribution in [3.05, 3.63) is 52.1 Å². The fourth-order valence-corrected chi connectivity index (χ4v) is 4.21. The predicted molar refractivity (Wildman–Crippen MR) is 126 cm³/mol. The number of carboxylic acids is 1. The summed E-state index contributed by atoms with van der Waals surface area (Å²) in [6.45, 7) is 3.45. The van der Waals surface area contributed by atoms with Crippen molar-refractivity contribution in [1.82, 2.24) is 14.9 Å². The monoisotopic (exact) mass is 507 g/mol. The Kier molecular flexibility index (Phi) is 8.51. The van der Waals surface area contributed by atoms with Crippen LogP contribution in [0.1, 0.15) is 73.3 Å². The van der Waals surface area contributed by atoms with Gasteiger partial charge in [-0.2, -0.15) is 0 Å². The van der Waals surface area contributed by atoms with Gasteiger partial charge in [0.05, 0.1) is 12.5 Å². The highest BCUT2D eigenvalue weighted by molar-refractivity contribution is 6.29. The van der Waals surface area contributed by atoms with Crippen LogP contribution in [0.4, 0.5) is 8.78 Å². The van der Waals surface area contributed by atoms with Crippen LogP contribution in [0.2, 0.25) is 5.28 Å². The number of amides is 1. The molecule has 0 radical (unpaired) electrons. The molecule has 0 unspecified atom stereocenters. The molecular weight excluding hydrogens is 480 g/mol. The second-order valence-electron chi connectivity index (χ2n) is 9.28. The summed E-state index contributed by atoms with van der Waals surface area (Å²) >= 11 is 6.34. The Labute approximate surface area is 207 Å². The van der Waals surface area contributed by atoms with Crippen LogP contribution in [-0.2, 0) is 11.3 Å². The first-order valence-electron chi connectivity index (χ1n) is 11.3. The highest BCUT2D eigenvalue weighted by atomic mass is 35.5. The smallest absolute Gasteiger partial charge is 0.306 e. The topological polar surface area (TPSA) is 104 Å². The number of imidazole rings is 1. The maximum absolute atomic E-state index is 13.2. The summed E-state index contributed by atoms with van der Waals surface area (Å²) in [4.78, 5) is 28.6. The number of hydrogen-bond donors (Lipinski definition) is 3. The van der Waals surface area contributed by atoms with Gasteiger partial charge in [-0.25, -0.2) is 13.8 Å². The first kappa shape index (κ1) is 26.6. The fraction of sp³-hybridized carbons (Fsp3) is 0.480. The normalized spacial score (nSPS) is 18.1. The molecule has 0 saturated heterocycles. The van der Waals surface area contributed by atoms with Crippen molar-refractivity contribution in [2.24, 2.45) is 11.8 Å². The van der Waals surface area contributed by atoms with Crippen LogP contribution in [0.5, 0.6) is 0 Å². The lowest BCUT2D eigenvalue weighted by Crippen LogP contribution is -2.34. The highest BCUT2D eigenvalue weighted by Crippen LogP contribution is 2.29. The lowest BCUT2D eigenvalue weighted by molar-refractivity contribution is -0.143. The zero-order valence-electron chi connectivity index (χ0n) is 19.5. The summed E-state index contributed by atoms with van der Waals surface area (Å²) < 4.78 is 27.2. The standard InChI is InChI=1S/C25H28ClF2N3O4/c1-25(2,35)12-11-19-20(22(32)29-13-15-3-9-18(10-4-15)23(33)34)31(24(26)30-19)14-16-5-7-17(8-6-16)21(27)28/h5-8,15,18,21,35H,3-4,9-10,13-14H2,1-2H3,(H,29,32)(H,33,34). The van der Waals surface area contributed by atoms with E-state index in [1.807, 2.05) is 0 Å². The maximum atomic E-state index is 13.2. The minimum atomic E-state index is -2.59. The summed E-state index contributed by atoms with van der Waals surface area (Å²) in [6.07, 6.45) is -0.0674. The number of nitrogens with one attached hydrogen (secondary N) is 1. The van der Waals surface area contributed by atoms with Crippen LogP contribution in [-0.4, -0.2) is 43.8 Å². The quantitative estimate of drug-likeness (QED) is 0.486. The molecule has 2 aromatic rings. The van der Waals surface area contributed by atoms with Gasteiger partial charge in [0.2, 0.25) is 5.28 Å². The average molecular weight is 508 g/mol. The van der Waals surface area contributed by atoms with Gasteiger partial charge in [-0.05, 0) is 68.5 Å². The molecule has 1 aliphatic carbocycles. The molecule has 7 nitrogen and oxygen atoms in total. The van der Waals surface area contributed by atoms with Gasteiger partial charge < -0.3 is 20.1 Å². The maximum Gasteiger partial charge on any atom is 0.306 e. The highest BCUT2D eigenvalue weighted by Gasteiger charge is 2.27. The number of nitrogens with zero attached hydrogens (tertiary/aromatic N) is 2. The van der Waals surface area contributed by atoms with Crippen molar-refractivity contribution in [3.8, 4) is 11.8 Å². The lowest BCUT2D eigenvalue weighted by Gasteiger charge is -2.26. The fourth-order valence-electron chi connectivity index (χ4n) is 3.98. The van der Waals surface area contributed by atoms with Crippen molar-refractivity contribution >= 4 is 23.5 Å². The molecular formula is C25H28ClF2N3O4. The number of aromatic nitrogens is 2. The molecule has 1 aliphatic rings. The Morgan fingerprint density at radius 1 is 1.23 bits per heavy atom. The molecule has 1 heterocycles. The van der Waals surface area contributed by atoms with Crippen molar-refractivity contribution in [1.29, 1.82) is 0 Å². The van der Waals surface area contributed by atoms with E-state index >= 15 is 0 Å². The largest absolute Gasteiger partial charge is 0.481 e. The molecule has 1 aromatic heterocycles. The van der Waals surface area contributed by atoms with Gasteiger partial charge in [0, 0.05) is 12.1 Å². The molecule has 0 bridgehead atoms. The summed E-state index contributed by atoms with van der Waals surface area (Å²) in [5, 5.41) is 22.0. The Hall–Kier alpha value is -2.96. The average Bonchev–Trinajstić information content (AvgIpc) is 3.11. The van der Waals surface area contributed by atoms with Gasteiger partial charge in [0.25, 0.3) is 12.3 Å². The first-order valence-corrected chi connectivity index (χ1v) is 11.7. The van der Waals surface area contributed by atoms with E-state index in [4.69, 9.17) is 16.7 Å². The molecule has 0 spiro atoms. The van der Waals surface area contributed by atoms with Crippen molar-refractivity contribution < 1.29 is 28.6 Å². The van der Waals surface area contributed by atoms with Gasteiger partial charge in [-0.1, -0.05) is 30.2 Å². The number of alkyl halides is 2. The number of carbonyl (C=O) groups excluding carboxylic acids is 1. The molecule has 10 heteroatoms. The van der Waals surface area contributed by atoms with E-state index in [-0.39, 0.29) is 40.6 Å². The third-order valence-corrected chi connectivity index (χ3v) is 6.23. The molecule has 3 rings (SSSR count). The predicted octanol–water partition coefficient (Wildman–Crippen LogP) is 4.27. The Morgan fingerprint density at radius 3 is 2.40 bits per heavy atom. The molecule has 3 N–H and O–H groups in total. The molecule has 1 amide bonds. The van der Waals surface area contributed by atoms with Crippen LogP contribution >= 0.6 is 11.6 Å². The molecule has 1 aromatic carbocycles. The number of carbonyl (C=O) groups is 2. The van der Waals surface area contributed by atoms with Crippen LogP contribution in [0.25, 0.3) is 0 Å². The SMILES string of the molecule is CC(C)(O)C#Cc1nc(Cl)n(Cc2ccc(C(F)F)cc2)c1C(=O)NCC1CCC(C(=O)O)CC1. The van der Waals surface area contributed by atoms with Crippen LogP contribution in [0.15, 0.2) is 24.3 Å². The Bertz CT molecular complexity index is 1120. The molecule has 0 atom stereocenters. The van der Waals surface area contributed by atoms with E-state index < -0.39 is 23.9 Å².